The number of likely N-dealkylation sites (N-methyl/N-ethyl adjacent to an activating group) is 2. The molecule has 0 unspecified atom stereocenters. The van der Waals surface area contributed by atoms with Crippen LogP contribution in [0.4, 0.5) is 5.69 Å². The number of hydrogen-bond acceptors (Lipinski definition) is 7. The average molecular weight is 487 g/mol. The van der Waals surface area contributed by atoms with Gasteiger partial charge in [-0.05, 0) is 64.1 Å². The predicted molar refractivity (Wildman–Crippen MR) is 146 cm³/mol. The Morgan fingerprint density at radius 2 is 1.72 bits per heavy atom. The number of hydrogen-bond donors (Lipinski definition) is 1. The highest BCUT2D eigenvalue weighted by molar-refractivity contribution is 6.08. The number of methoxy groups -OCH3 is 1. The van der Waals surface area contributed by atoms with Crippen molar-refractivity contribution in [3.63, 3.8) is 0 Å². The number of fused-ring (bicyclic) bond motifs is 2. The van der Waals surface area contributed by atoms with Gasteiger partial charge in [-0.15, -0.1) is 0 Å². The molecule has 1 N–H and O–H groups in total. The van der Waals surface area contributed by atoms with Crippen molar-refractivity contribution < 1.29 is 13.9 Å². The number of nitrogens with zero attached hydrogens (tertiary/aromatic N) is 3. The Morgan fingerprint density at radius 3 is 2.47 bits per heavy atom. The van der Waals surface area contributed by atoms with E-state index in [0.29, 0.717) is 17.9 Å². The summed E-state index contributed by atoms with van der Waals surface area (Å²) < 4.78 is 11.5. The van der Waals surface area contributed by atoms with Crippen LogP contribution in [0.1, 0.15) is 10.4 Å². The average Bonchev–Trinajstić information content (AvgIpc) is 2.86. The van der Waals surface area contributed by atoms with Crippen LogP contribution in [0.2, 0.25) is 0 Å². The summed E-state index contributed by atoms with van der Waals surface area (Å²) in [4.78, 5) is 21.6. The Balaban J connectivity index is 1.91. The first-order valence-electron chi connectivity index (χ1n) is 12.1. The van der Waals surface area contributed by atoms with Crippen LogP contribution in [0.15, 0.2) is 70.1 Å². The van der Waals surface area contributed by atoms with E-state index in [0.717, 1.165) is 58.3 Å². The monoisotopic (exact) mass is 486 g/mol. The van der Waals surface area contributed by atoms with E-state index in [2.05, 4.69) is 41.3 Å². The highest BCUT2D eigenvalue weighted by Crippen LogP contribution is 2.41. The second-order valence-electron chi connectivity index (χ2n) is 9.32. The number of anilines is 1. The van der Waals surface area contributed by atoms with Gasteiger partial charge in [-0.1, -0.05) is 18.2 Å². The van der Waals surface area contributed by atoms with Gasteiger partial charge in [-0.25, -0.2) is 4.79 Å². The lowest BCUT2D eigenvalue weighted by atomic mass is 9.90. The molecular weight excluding hydrogens is 452 g/mol. The van der Waals surface area contributed by atoms with E-state index < -0.39 is 0 Å². The van der Waals surface area contributed by atoms with Crippen LogP contribution in [0, 0.1) is 0 Å². The first kappa shape index (κ1) is 25.4. The van der Waals surface area contributed by atoms with Crippen molar-refractivity contribution in [2.24, 2.45) is 4.99 Å². The first-order chi connectivity index (χ1) is 17.4. The van der Waals surface area contributed by atoms with Gasteiger partial charge in [0.2, 0.25) is 0 Å². The Labute approximate surface area is 212 Å². The van der Waals surface area contributed by atoms with E-state index in [-0.39, 0.29) is 5.97 Å². The molecule has 0 bridgehead atoms. The van der Waals surface area contributed by atoms with Crippen molar-refractivity contribution in [2.45, 2.75) is 0 Å². The molecule has 2 aliphatic rings. The summed E-state index contributed by atoms with van der Waals surface area (Å²) in [5.74, 6) is 0.346. The summed E-state index contributed by atoms with van der Waals surface area (Å²) >= 11 is 0. The molecule has 188 valence electrons. The number of rotatable bonds is 9. The van der Waals surface area contributed by atoms with Crippen molar-refractivity contribution in [1.82, 2.24) is 9.80 Å². The molecule has 36 heavy (non-hydrogen) atoms. The fraction of sp³-hybridized carbons (Fsp3) is 0.310. The van der Waals surface area contributed by atoms with Crippen molar-refractivity contribution in [3.8, 4) is 22.5 Å². The SMILES string of the molecule is COC(=O)c1ccccc1-c1c2ccc(=NCCN(C)C)cc-2oc2cc(NCCN(C)C)ccc12. The number of benzene rings is 3. The summed E-state index contributed by atoms with van der Waals surface area (Å²) in [6.07, 6.45) is 0. The molecule has 1 aliphatic heterocycles. The third-order valence-corrected chi connectivity index (χ3v) is 6.04. The molecule has 0 fully saturated rings. The molecule has 4 rings (SSSR count). The maximum absolute atomic E-state index is 12.7. The van der Waals surface area contributed by atoms with Crippen LogP contribution in [0.3, 0.4) is 0 Å². The number of carbonyl (C=O) groups is 1. The minimum absolute atomic E-state index is 0.370. The zero-order valence-electron chi connectivity index (χ0n) is 21.7. The number of esters is 1. The van der Waals surface area contributed by atoms with E-state index in [1.165, 1.54) is 7.11 Å². The number of nitrogens with one attached hydrogen (secondary N) is 1. The van der Waals surface area contributed by atoms with Crippen molar-refractivity contribution in [1.29, 1.82) is 0 Å². The molecule has 1 heterocycles. The molecule has 0 amide bonds. The van der Waals surface area contributed by atoms with Gasteiger partial charge < -0.3 is 24.3 Å². The Bertz CT molecular complexity index is 1390. The lowest BCUT2D eigenvalue weighted by Gasteiger charge is -2.18. The van der Waals surface area contributed by atoms with Crippen LogP contribution in [0.25, 0.3) is 33.4 Å². The minimum atomic E-state index is -0.370. The van der Waals surface area contributed by atoms with E-state index in [9.17, 15) is 4.79 Å². The maximum Gasteiger partial charge on any atom is 0.338 e. The summed E-state index contributed by atoms with van der Waals surface area (Å²) in [6.45, 7) is 3.30. The van der Waals surface area contributed by atoms with Gasteiger partial charge in [0.05, 0.1) is 24.6 Å². The Kier molecular flexibility index (Phi) is 8.03. The molecular formula is C29H34N4O3. The van der Waals surface area contributed by atoms with Gasteiger partial charge in [0.25, 0.3) is 0 Å². The topological polar surface area (TPSA) is 70.3 Å². The number of ether oxygens (including phenoxy) is 1. The maximum atomic E-state index is 12.7. The smallest absolute Gasteiger partial charge is 0.338 e. The lowest BCUT2D eigenvalue weighted by Crippen LogP contribution is -2.20. The standard InChI is InChI=1S/C29H34N4O3/c1-32(2)16-14-30-20-10-12-24-26(18-20)36-27-19-21(31-15-17-33(3)4)11-13-25(27)28(24)22-8-6-7-9-23(22)29(34)35-5/h6-13,18-19,30H,14-17H2,1-5H3. The zero-order valence-corrected chi connectivity index (χ0v) is 21.7. The largest absolute Gasteiger partial charge is 0.465 e. The summed E-state index contributed by atoms with van der Waals surface area (Å²) in [5.41, 5.74) is 4.89. The van der Waals surface area contributed by atoms with Crippen LogP contribution < -0.4 is 10.7 Å². The molecule has 0 radical (unpaired) electrons. The van der Waals surface area contributed by atoms with Gasteiger partial charge >= 0.3 is 5.97 Å². The molecule has 1 aliphatic carbocycles. The van der Waals surface area contributed by atoms with Crippen LogP contribution >= 0.6 is 0 Å². The zero-order chi connectivity index (χ0) is 25.7. The molecule has 2 aromatic rings. The van der Waals surface area contributed by atoms with Crippen molar-refractivity contribution in [3.05, 3.63) is 71.6 Å². The fourth-order valence-corrected chi connectivity index (χ4v) is 4.17. The summed E-state index contributed by atoms with van der Waals surface area (Å²) in [5, 5.41) is 5.25. The molecule has 0 saturated carbocycles. The third kappa shape index (κ3) is 5.75. The molecule has 7 heteroatoms. The highest BCUT2D eigenvalue weighted by atomic mass is 16.5. The van der Waals surface area contributed by atoms with Crippen LogP contribution in [-0.4, -0.2) is 77.2 Å². The van der Waals surface area contributed by atoms with Gasteiger partial charge in [-0.2, -0.15) is 0 Å². The van der Waals surface area contributed by atoms with E-state index in [1.54, 1.807) is 6.07 Å². The Morgan fingerprint density at radius 1 is 0.944 bits per heavy atom. The van der Waals surface area contributed by atoms with E-state index in [4.69, 9.17) is 14.1 Å². The van der Waals surface area contributed by atoms with Gasteiger partial charge in [0.15, 0.2) is 0 Å². The molecule has 7 nitrogen and oxygen atoms in total. The molecule has 0 atom stereocenters. The second-order valence-corrected chi connectivity index (χ2v) is 9.32. The van der Waals surface area contributed by atoms with Crippen molar-refractivity contribution in [2.75, 3.05) is 66.8 Å². The Hall–Kier alpha value is -3.68. The summed E-state index contributed by atoms with van der Waals surface area (Å²) in [6, 6.07) is 19.7. The predicted octanol–water partition coefficient (Wildman–Crippen LogP) is 4.43. The second kappa shape index (κ2) is 11.4. The first-order valence-corrected chi connectivity index (χ1v) is 12.1. The normalized spacial score (nSPS) is 12.1. The fourth-order valence-electron chi connectivity index (χ4n) is 4.17. The van der Waals surface area contributed by atoms with E-state index >= 15 is 0 Å². The van der Waals surface area contributed by atoms with E-state index in [1.807, 2.05) is 56.6 Å². The lowest BCUT2D eigenvalue weighted by molar-refractivity contribution is 0.0601. The molecule has 0 saturated heterocycles. The minimum Gasteiger partial charge on any atom is -0.465 e. The van der Waals surface area contributed by atoms with Crippen LogP contribution in [-0.2, 0) is 4.74 Å². The number of carbonyl (C=O) groups excluding carboxylic acids is 1. The quantitative estimate of drug-likeness (QED) is 0.279. The van der Waals surface area contributed by atoms with Gasteiger partial charge in [0.1, 0.15) is 11.3 Å². The van der Waals surface area contributed by atoms with Gasteiger partial charge in [0, 0.05) is 54.0 Å². The summed E-state index contributed by atoms with van der Waals surface area (Å²) in [7, 11) is 9.58. The molecule has 0 aromatic heterocycles. The van der Waals surface area contributed by atoms with Crippen molar-refractivity contribution >= 4 is 22.6 Å². The highest BCUT2D eigenvalue weighted by Gasteiger charge is 2.21. The molecule has 0 spiro atoms. The van der Waals surface area contributed by atoms with Gasteiger partial charge in [-0.3, -0.25) is 4.99 Å². The van der Waals surface area contributed by atoms with Crippen LogP contribution in [0.5, 0.6) is 0 Å². The molecule has 2 aromatic carbocycles. The third-order valence-electron chi connectivity index (χ3n) is 6.04.